The molecule has 1 N–H and O–H groups in total. The largest absolute Gasteiger partial charge is 0.366 e. The van der Waals surface area contributed by atoms with Gasteiger partial charge in [0.2, 0.25) is 0 Å². The molecule has 28 heavy (non-hydrogen) atoms. The number of nitrogens with one attached hydrogen (secondary N) is 1. The summed E-state index contributed by atoms with van der Waals surface area (Å²) in [4.78, 5) is 19.3. The van der Waals surface area contributed by atoms with Crippen molar-refractivity contribution in [1.82, 2.24) is 9.88 Å². The van der Waals surface area contributed by atoms with Gasteiger partial charge in [-0.15, -0.1) is 0 Å². The summed E-state index contributed by atoms with van der Waals surface area (Å²) in [5.74, 6) is 0.667. The molecule has 1 aromatic heterocycles. The molecule has 0 saturated heterocycles. The van der Waals surface area contributed by atoms with Crippen molar-refractivity contribution in [2.75, 3.05) is 5.32 Å². The molecule has 0 aliphatic carbocycles. The standard InChI is InChI=1S/C23H24ClN3O/c1-17(2)27(16-19-6-4-3-5-7-19)23(28)20-12-13-25-22(14-20)26-15-18-8-10-21(24)11-9-18/h3-14,17H,15-16H2,1-2H3,(H,25,26). The van der Waals surface area contributed by atoms with Crippen LogP contribution in [0.4, 0.5) is 5.82 Å². The summed E-state index contributed by atoms with van der Waals surface area (Å²) in [5.41, 5.74) is 2.83. The molecule has 1 heterocycles. The fraction of sp³-hybridized carbons (Fsp3) is 0.217. The smallest absolute Gasteiger partial charge is 0.254 e. The lowest BCUT2D eigenvalue weighted by Gasteiger charge is -2.27. The normalized spacial score (nSPS) is 10.7. The number of carbonyl (C=O) groups excluding carboxylic acids is 1. The number of hydrogen-bond acceptors (Lipinski definition) is 3. The van der Waals surface area contributed by atoms with Gasteiger partial charge >= 0.3 is 0 Å². The first-order valence-corrected chi connectivity index (χ1v) is 9.70. The molecule has 1 amide bonds. The fourth-order valence-electron chi connectivity index (χ4n) is 2.89. The molecule has 0 aliphatic rings. The van der Waals surface area contributed by atoms with Gasteiger partial charge in [0.05, 0.1) is 0 Å². The minimum absolute atomic E-state index is 0.00389. The first-order valence-electron chi connectivity index (χ1n) is 9.32. The van der Waals surface area contributed by atoms with Crippen LogP contribution in [0.25, 0.3) is 0 Å². The van der Waals surface area contributed by atoms with Gasteiger partial charge in [-0.1, -0.05) is 54.1 Å². The van der Waals surface area contributed by atoms with Gasteiger partial charge in [0, 0.05) is 35.9 Å². The SMILES string of the molecule is CC(C)N(Cc1ccccc1)C(=O)c1ccnc(NCc2ccc(Cl)cc2)c1. The van der Waals surface area contributed by atoms with Crippen molar-refractivity contribution in [2.45, 2.75) is 33.0 Å². The minimum atomic E-state index is -0.00389. The minimum Gasteiger partial charge on any atom is -0.366 e. The van der Waals surface area contributed by atoms with Crippen molar-refractivity contribution in [3.8, 4) is 0 Å². The van der Waals surface area contributed by atoms with Crippen molar-refractivity contribution in [3.63, 3.8) is 0 Å². The predicted molar refractivity (Wildman–Crippen MR) is 114 cm³/mol. The number of nitrogens with zero attached hydrogens (tertiary/aromatic N) is 2. The Kier molecular flexibility index (Phi) is 6.66. The van der Waals surface area contributed by atoms with Crippen LogP contribution in [-0.4, -0.2) is 21.8 Å². The van der Waals surface area contributed by atoms with Gasteiger partial charge in [-0.05, 0) is 49.2 Å². The number of halogens is 1. The molecule has 0 bridgehead atoms. The lowest BCUT2D eigenvalue weighted by Crippen LogP contribution is -2.36. The van der Waals surface area contributed by atoms with E-state index in [1.807, 2.05) is 73.3 Å². The topological polar surface area (TPSA) is 45.2 Å². The molecule has 0 fully saturated rings. The Morgan fingerprint density at radius 1 is 1.04 bits per heavy atom. The second-order valence-corrected chi connectivity index (χ2v) is 7.36. The molecule has 3 rings (SSSR count). The van der Waals surface area contributed by atoms with E-state index >= 15 is 0 Å². The number of hydrogen-bond donors (Lipinski definition) is 1. The number of rotatable bonds is 7. The lowest BCUT2D eigenvalue weighted by atomic mass is 10.1. The van der Waals surface area contributed by atoms with E-state index in [0.717, 1.165) is 11.1 Å². The van der Waals surface area contributed by atoms with Crippen molar-refractivity contribution in [1.29, 1.82) is 0 Å². The number of pyridine rings is 1. The number of aromatic nitrogens is 1. The maximum atomic E-state index is 13.1. The van der Waals surface area contributed by atoms with Crippen LogP contribution in [0, 0.1) is 0 Å². The Labute approximate surface area is 171 Å². The van der Waals surface area contributed by atoms with Crippen molar-refractivity contribution < 1.29 is 4.79 Å². The van der Waals surface area contributed by atoms with E-state index < -0.39 is 0 Å². The maximum absolute atomic E-state index is 13.1. The van der Waals surface area contributed by atoms with Gasteiger partial charge in [0.15, 0.2) is 0 Å². The van der Waals surface area contributed by atoms with Gasteiger partial charge in [-0.25, -0.2) is 4.98 Å². The molecule has 144 valence electrons. The highest BCUT2D eigenvalue weighted by molar-refractivity contribution is 6.30. The Morgan fingerprint density at radius 2 is 1.75 bits per heavy atom. The van der Waals surface area contributed by atoms with Crippen LogP contribution >= 0.6 is 11.6 Å². The Hall–Kier alpha value is -2.85. The van der Waals surface area contributed by atoms with E-state index in [1.165, 1.54) is 0 Å². The summed E-state index contributed by atoms with van der Waals surface area (Å²) in [6, 6.07) is 21.3. The first kappa shape index (κ1) is 19.9. The molecule has 4 nitrogen and oxygen atoms in total. The highest BCUT2D eigenvalue weighted by Crippen LogP contribution is 2.16. The summed E-state index contributed by atoms with van der Waals surface area (Å²) in [7, 11) is 0. The maximum Gasteiger partial charge on any atom is 0.254 e. The van der Waals surface area contributed by atoms with Gasteiger partial charge in [-0.2, -0.15) is 0 Å². The van der Waals surface area contributed by atoms with E-state index in [9.17, 15) is 4.79 Å². The quantitative estimate of drug-likeness (QED) is 0.584. The van der Waals surface area contributed by atoms with E-state index in [-0.39, 0.29) is 11.9 Å². The van der Waals surface area contributed by atoms with Crippen LogP contribution in [0.5, 0.6) is 0 Å². The molecule has 0 saturated carbocycles. The zero-order valence-electron chi connectivity index (χ0n) is 16.1. The van der Waals surface area contributed by atoms with Gasteiger partial charge in [-0.3, -0.25) is 4.79 Å². The average molecular weight is 394 g/mol. The summed E-state index contributed by atoms with van der Waals surface area (Å²) in [5, 5.41) is 3.98. The molecule has 2 aromatic carbocycles. The van der Waals surface area contributed by atoms with E-state index in [0.29, 0.717) is 29.5 Å². The van der Waals surface area contributed by atoms with Crippen LogP contribution in [0.2, 0.25) is 5.02 Å². The third-order valence-electron chi connectivity index (χ3n) is 4.47. The number of carbonyl (C=O) groups is 1. The van der Waals surface area contributed by atoms with E-state index in [1.54, 1.807) is 18.3 Å². The van der Waals surface area contributed by atoms with Crippen LogP contribution in [-0.2, 0) is 13.1 Å². The van der Waals surface area contributed by atoms with Gasteiger partial charge < -0.3 is 10.2 Å². The molecule has 3 aromatic rings. The lowest BCUT2D eigenvalue weighted by molar-refractivity contribution is 0.0690. The zero-order valence-corrected chi connectivity index (χ0v) is 16.9. The first-order chi connectivity index (χ1) is 13.5. The number of benzene rings is 2. The van der Waals surface area contributed by atoms with Crippen LogP contribution < -0.4 is 5.32 Å². The van der Waals surface area contributed by atoms with Crippen molar-refractivity contribution >= 4 is 23.3 Å². The van der Waals surface area contributed by atoms with Gasteiger partial charge in [0.1, 0.15) is 5.82 Å². The third kappa shape index (κ3) is 5.33. The average Bonchev–Trinajstić information content (AvgIpc) is 2.72. The molecule has 0 radical (unpaired) electrons. The monoisotopic (exact) mass is 393 g/mol. The molecular formula is C23H24ClN3O. The van der Waals surface area contributed by atoms with Crippen LogP contribution in [0.1, 0.15) is 35.3 Å². The number of amides is 1. The summed E-state index contributed by atoms with van der Waals surface area (Å²) in [6.07, 6.45) is 1.67. The number of anilines is 1. The third-order valence-corrected chi connectivity index (χ3v) is 4.73. The van der Waals surface area contributed by atoms with Crippen molar-refractivity contribution in [2.24, 2.45) is 0 Å². The zero-order chi connectivity index (χ0) is 19.9. The Balaban J connectivity index is 1.71. The highest BCUT2D eigenvalue weighted by atomic mass is 35.5. The van der Waals surface area contributed by atoms with E-state index in [4.69, 9.17) is 11.6 Å². The predicted octanol–water partition coefficient (Wildman–Crippen LogP) is 5.40. The summed E-state index contributed by atoms with van der Waals surface area (Å²) < 4.78 is 0. The molecule has 0 aliphatic heterocycles. The fourth-order valence-corrected chi connectivity index (χ4v) is 3.02. The van der Waals surface area contributed by atoms with E-state index in [2.05, 4.69) is 10.3 Å². The Morgan fingerprint density at radius 3 is 2.43 bits per heavy atom. The molecule has 0 atom stereocenters. The van der Waals surface area contributed by atoms with Gasteiger partial charge in [0.25, 0.3) is 5.91 Å². The molecular weight excluding hydrogens is 370 g/mol. The summed E-state index contributed by atoms with van der Waals surface area (Å²) in [6.45, 7) is 5.25. The summed E-state index contributed by atoms with van der Waals surface area (Å²) >= 11 is 5.92. The highest BCUT2D eigenvalue weighted by Gasteiger charge is 2.19. The van der Waals surface area contributed by atoms with Crippen LogP contribution in [0.15, 0.2) is 72.9 Å². The second kappa shape index (κ2) is 9.38. The Bertz CT molecular complexity index is 911. The second-order valence-electron chi connectivity index (χ2n) is 6.92. The molecule has 0 spiro atoms. The molecule has 5 heteroatoms. The van der Waals surface area contributed by atoms with Crippen LogP contribution in [0.3, 0.4) is 0 Å². The molecule has 0 unspecified atom stereocenters. The van der Waals surface area contributed by atoms with Crippen molar-refractivity contribution in [3.05, 3.63) is 94.6 Å².